The molecule has 8 heteroatoms. The molecule has 1 amide bonds. The number of para-hydroxylation sites is 5. The summed E-state index contributed by atoms with van der Waals surface area (Å²) in [6, 6.07) is 35.5. The summed E-state index contributed by atoms with van der Waals surface area (Å²) in [6.07, 6.45) is 4.66. The van der Waals surface area contributed by atoms with Crippen molar-refractivity contribution in [2.75, 3.05) is 11.9 Å². The van der Waals surface area contributed by atoms with Gasteiger partial charge in [0.2, 0.25) is 0 Å². The molecule has 1 N–H and O–H groups in total. The standard InChI is InChI=1S/C34H25N3O5/c38-32(35-28-16-8-10-18-30(28)41-27-14-5-2-6-15-27)23-40-33(39)20-19-25-22-37(26-12-3-1-4-13-26)36-34(25)31-21-24-11-7-9-17-29(24)42-31/h1-22H,23H2,(H,35,38)/b20-19+. The van der Waals surface area contributed by atoms with Gasteiger partial charge in [0, 0.05) is 23.2 Å². The Kier molecular flexibility index (Phi) is 7.59. The first-order chi connectivity index (χ1) is 20.6. The molecule has 8 nitrogen and oxygen atoms in total. The van der Waals surface area contributed by atoms with Crippen LogP contribution in [0.2, 0.25) is 0 Å². The molecule has 42 heavy (non-hydrogen) atoms. The molecule has 0 unspecified atom stereocenters. The van der Waals surface area contributed by atoms with Crippen LogP contribution in [-0.2, 0) is 14.3 Å². The predicted octanol–water partition coefficient (Wildman–Crippen LogP) is 7.27. The zero-order valence-corrected chi connectivity index (χ0v) is 22.3. The number of rotatable bonds is 9. The molecule has 0 saturated carbocycles. The number of anilines is 1. The molecule has 0 radical (unpaired) electrons. The van der Waals surface area contributed by atoms with Crippen LogP contribution in [0.5, 0.6) is 11.5 Å². The van der Waals surface area contributed by atoms with Crippen molar-refractivity contribution in [3.8, 4) is 28.6 Å². The van der Waals surface area contributed by atoms with Crippen LogP contribution in [-0.4, -0.2) is 28.3 Å². The Labute approximate surface area is 241 Å². The minimum absolute atomic E-state index is 0.460. The highest BCUT2D eigenvalue weighted by atomic mass is 16.5. The summed E-state index contributed by atoms with van der Waals surface area (Å²) in [5, 5.41) is 8.40. The van der Waals surface area contributed by atoms with E-state index in [1.54, 1.807) is 41.2 Å². The van der Waals surface area contributed by atoms with E-state index in [0.717, 1.165) is 16.7 Å². The van der Waals surface area contributed by atoms with Crippen molar-refractivity contribution in [1.29, 1.82) is 0 Å². The van der Waals surface area contributed by atoms with Gasteiger partial charge in [0.05, 0.1) is 11.4 Å². The summed E-state index contributed by atoms with van der Waals surface area (Å²) in [6.45, 7) is -0.470. The van der Waals surface area contributed by atoms with Crippen LogP contribution in [0.4, 0.5) is 5.69 Å². The zero-order chi connectivity index (χ0) is 28.7. The van der Waals surface area contributed by atoms with E-state index < -0.39 is 18.5 Å². The molecule has 0 saturated heterocycles. The highest BCUT2D eigenvalue weighted by molar-refractivity contribution is 5.96. The second-order valence-corrected chi connectivity index (χ2v) is 9.26. The zero-order valence-electron chi connectivity index (χ0n) is 22.3. The summed E-state index contributed by atoms with van der Waals surface area (Å²) >= 11 is 0. The lowest BCUT2D eigenvalue weighted by molar-refractivity contribution is -0.142. The van der Waals surface area contributed by atoms with E-state index in [2.05, 4.69) is 5.32 Å². The van der Waals surface area contributed by atoms with Gasteiger partial charge in [0.1, 0.15) is 17.0 Å². The minimum Gasteiger partial charge on any atom is -0.455 e. The summed E-state index contributed by atoms with van der Waals surface area (Å²) in [7, 11) is 0. The average Bonchev–Trinajstić information content (AvgIpc) is 3.65. The molecule has 2 heterocycles. The normalized spacial score (nSPS) is 11.0. The second-order valence-electron chi connectivity index (χ2n) is 9.26. The molecule has 0 aliphatic carbocycles. The van der Waals surface area contributed by atoms with Gasteiger partial charge in [-0.15, -0.1) is 0 Å². The van der Waals surface area contributed by atoms with Crippen LogP contribution < -0.4 is 10.1 Å². The van der Waals surface area contributed by atoms with Crippen molar-refractivity contribution in [2.24, 2.45) is 0 Å². The van der Waals surface area contributed by atoms with E-state index in [0.29, 0.717) is 34.2 Å². The molecular weight excluding hydrogens is 530 g/mol. The van der Waals surface area contributed by atoms with Crippen LogP contribution in [0.15, 0.2) is 132 Å². The maximum atomic E-state index is 12.6. The van der Waals surface area contributed by atoms with Crippen LogP contribution in [0.25, 0.3) is 34.2 Å². The summed E-state index contributed by atoms with van der Waals surface area (Å²) in [5.41, 5.74) is 3.25. The van der Waals surface area contributed by atoms with Gasteiger partial charge >= 0.3 is 5.97 Å². The van der Waals surface area contributed by atoms with Gasteiger partial charge in [-0.3, -0.25) is 4.79 Å². The first kappa shape index (κ1) is 26.3. The van der Waals surface area contributed by atoms with Crippen LogP contribution in [0.3, 0.4) is 0 Å². The average molecular weight is 556 g/mol. The molecule has 0 spiro atoms. The van der Waals surface area contributed by atoms with Crippen molar-refractivity contribution in [3.63, 3.8) is 0 Å². The Hall–Kier alpha value is -5.89. The number of carbonyl (C=O) groups is 2. The summed E-state index contributed by atoms with van der Waals surface area (Å²) < 4.78 is 18.8. The molecule has 4 aromatic carbocycles. The Bertz CT molecular complexity index is 1840. The van der Waals surface area contributed by atoms with E-state index in [-0.39, 0.29) is 0 Å². The number of ether oxygens (including phenoxy) is 2. The number of hydrogen-bond donors (Lipinski definition) is 1. The van der Waals surface area contributed by atoms with Gasteiger partial charge in [-0.05, 0) is 54.6 Å². The number of aromatic nitrogens is 2. The number of furan rings is 1. The Morgan fingerprint density at radius 3 is 2.38 bits per heavy atom. The lowest BCUT2D eigenvalue weighted by atomic mass is 10.2. The van der Waals surface area contributed by atoms with Gasteiger partial charge < -0.3 is 19.2 Å². The maximum Gasteiger partial charge on any atom is 0.331 e. The lowest BCUT2D eigenvalue weighted by Crippen LogP contribution is -2.20. The first-order valence-corrected chi connectivity index (χ1v) is 13.2. The number of benzene rings is 4. The fourth-order valence-electron chi connectivity index (χ4n) is 4.32. The van der Waals surface area contributed by atoms with Gasteiger partial charge in [0.25, 0.3) is 5.91 Å². The third-order valence-corrected chi connectivity index (χ3v) is 6.30. The fraction of sp³-hybridized carbons (Fsp3) is 0.0294. The number of hydrogen-bond acceptors (Lipinski definition) is 6. The van der Waals surface area contributed by atoms with Gasteiger partial charge in [-0.1, -0.05) is 66.7 Å². The first-order valence-electron chi connectivity index (χ1n) is 13.2. The van der Waals surface area contributed by atoms with Crippen molar-refractivity contribution >= 4 is 34.6 Å². The largest absolute Gasteiger partial charge is 0.455 e. The predicted molar refractivity (Wildman–Crippen MR) is 160 cm³/mol. The molecule has 0 atom stereocenters. The molecule has 6 rings (SSSR count). The number of amides is 1. The Morgan fingerprint density at radius 2 is 1.57 bits per heavy atom. The highest BCUT2D eigenvalue weighted by Crippen LogP contribution is 2.31. The van der Waals surface area contributed by atoms with E-state index in [4.69, 9.17) is 19.0 Å². The topological polar surface area (TPSA) is 95.6 Å². The summed E-state index contributed by atoms with van der Waals surface area (Å²) in [4.78, 5) is 25.2. The lowest BCUT2D eigenvalue weighted by Gasteiger charge is -2.12. The Balaban J connectivity index is 1.15. The quantitative estimate of drug-likeness (QED) is 0.149. The third-order valence-electron chi connectivity index (χ3n) is 6.30. The van der Waals surface area contributed by atoms with Gasteiger partial charge in [-0.25, -0.2) is 9.48 Å². The summed E-state index contributed by atoms with van der Waals surface area (Å²) in [5.74, 6) is 0.488. The second kappa shape index (κ2) is 12.1. The van der Waals surface area contributed by atoms with E-state index in [9.17, 15) is 9.59 Å². The molecule has 2 aromatic heterocycles. The van der Waals surface area contributed by atoms with E-state index in [1.165, 1.54) is 6.08 Å². The van der Waals surface area contributed by atoms with E-state index >= 15 is 0 Å². The monoisotopic (exact) mass is 555 g/mol. The number of esters is 1. The highest BCUT2D eigenvalue weighted by Gasteiger charge is 2.16. The smallest absolute Gasteiger partial charge is 0.331 e. The number of fused-ring (bicyclic) bond motifs is 1. The van der Waals surface area contributed by atoms with E-state index in [1.807, 2.05) is 91.0 Å². The minimum atomic E-state index is -0.679. The van der Waals surface area contributed by atoms with Gasteiger partial charge in [-0.2, -0.15) is 5.10 Å². The maximum absolute atomic E-state index is 12.6. The van der Waals surface area contributed by atoms with Crippen LogP contribution in [0.1, 0.15) is 5.56 Å². The molecule has 0 bridgehead atoms. The fourth-order valence-corrected chi connectivity index (χ4v) is 4.32. The number of nitrogens with zero attached hydrogens (tertiary/aromatic N) is 2. The van der Waals surface area contributed by atoms with Crippen molar-refractivity contribution in [2.45, 2.75) is 0 Å². The van der Waals surface area contributed by atoms with Crippen molar-refractivity contribution in [1.82, 2.24) is 9.78 Å². The third kappa shape index (κ3) is 6.13. The number of carbonyl (C=O) groups excluding carboxylic acids is 2. The molecular formula is C34H25N3O5. The van der Waals surface area contributed by atoms with Crippen LogP contribution >= 0.6 is 0 Å². The van der Waals surface area contributed by atoms with Crippen LogP contribution in [0, 0.1) is 0 Å². The number of nitrogens with one attached hydrogen (secondary N) is 1. The van der Waals surface area contributed by atoms with Crippen molar-refractivity contribution in [3.05, 3.63) is 133 Å². The molecule has 0 fully saturated rings. The van der Waals surface area contributed by atoms with Crippen molar-refractivity contribution < 1.29 is 23.5 Å². The molecule has 6 aromatic rings. The molecule has 206 valence electrons. The van der Waals surface area contributed by atoms with Gasteiger partial charge in [0.15, 0.2) is 18.1 Å². The molecule has 0 aliphatic rings. The Morgan fingerprint density at radius 1 is 0.857 bits per heavy atom. The molecule has 0 aliphatic heterocycles. The SMILES string of the molecule is O=C(COC(=O)/C=C/c1cn(-c2ccccc2)nc1-c1cc2ccccc2o1)Nc1ccccc1Oc1ccccc1.